The fourth-order valence-electron chi connectivity index (χ4n) is 3.75. The lowest BCUT2D eigenvalue weighted by Gasteiger charge is -2.17. The summed E-state index contributed by atoms with van der Waals surface area (Å²) in [5.74, 6) is 0.738. The van der Waals surface area contributed by atoms with E-state index >= 15 is 0 Å². The number of hydrogen-bond acceptors (Lipinski definition) is 5. The van der Waals surface area contributed by atoms with Gasteiger partial charge >= 0.3 is 0 Å². The van der Waals surface area contributed by atoms with Gasteiger partial charge in [0.2, 0.25) is 0 Å². The van der Waals surface area contributed by atoms with Crippen molar-refractivity contribution in [2.45, 2.75) is 37.2 Å². The number of amides is 1. The molecule has 2 heterocycles. The molecule has 8 nitrogen and oxygen atoms in total. The van der Waals surface area contributed by atoms with Crippen LogP contribution in [-0.4, -0.2) is 43.6 Å². The molecule has 0 unspecified atom stereocenters. The fraction of sp³-hybridized carbons (Fsp3) is 0.269. The summed E-state index contributed by atoms with van der Waals surface area (Å²) < 4.78 is 35.8. The number of sulfonamides is 1. The van der Waals surface area contributed by atoms with Gasteiger partial charge in [-0.15, -0.1) is 4.40 Å². The second kappa shape index (κ2) is 11.1. The molecule has 9 heteroatoms. The lowest BCUT2D eigenvalue weighted by atomic mass is 10.2. The Bertz CT molecular complexity index is 1310. The molecule has 3 aromatic rings. The molecule has 0 spiro atoms. The Labute approximate surface area is 205 Å². The zero-order valence-electron chi connectivity index (χ0n) is 19.6. The van der Waals surface area contributed by atoms with Gasteiger partial charge in [-0.2, -0.15) is 8.42 Å². The highest BCUT2D eigenvalue weighted by Crippen LogP contribution is 2.21. The smallest absolute Gasteiger partial charge is 0.284 e. The number of likely N-dealkylation sites (tertiary alicyclic amines) is 1. The Hall–Kier alpha value is -3.72. The molecule has 0 radical (unpaired) electrons. The van der Waals surface area contributed by atoms with Crippen molar-refractivity contribution in [1.82, 2.24) is 9.88 Å². The van der Waals surface area contributed by atoms with Crippen LogP contribution in [0, 0.1) is 0 Å². The third kappa shape index (κ3) is 6.66. The standard InChI is InChI=1S/C26H28N4O4S/c1-30-15-4-2-3-13-25(30)29-35(32,33)24-12-6-10-22(17-24)28-26(31)21-9-5-11-23(16-21)34-19-20-8-7-14-27-18-20/h5-12,14,16-18H,2-4,13,15,19H2,1H3,(H,28,31). The van der Waals surface area contributed by atoms with E-state index in [0.717, 1.165) is 31.4 Å². The first-order valence-electron chi connectivity index (χ1n) is 11.5. The van der Waals surface area contributed by atoms with Crippen molar-refractivity contribution in [3.63, 3.8) is 0 Å². The monoisotopic (exact) mass is 492 g/mol. The summed E-state index contributed by atoms with van der Waals surface area (Å²) in [5.41, 5.74) is 1.67. The van der Waals surface area contributed by atoms with E-state index in [0.29, 0.717) is 35.9 Å². The van der Waals surface area contributed by atoms with Gasteiger partial charge in [0.25, 0.3) is 15.9 Å². The molecule has 1 aliphatic heterocycles. The molecule has 0 atom stereocenters. The largest absolute Gasteiger partial charge is 0.489 e. The Morgan fingerprint density at radius 1 is 1.09 bits per heavy atom. The Kier molecular flexibility index (Phi) is 7.77. The summed E-state index contributed by atoms with van der Waals surface area (Å²) in [6.45, 7) is 1.12. The average Bonchev–Trinajstić information content (AvgIpc) is 3.07. The van der Waals surface area contributed by atoms with Crippen molar-refractivity contribution in [1.29, 1.82) is 0 Å². The van der Waals surface area contributed by atoms with Gasteiger partial charge in [0.15, 0.2) is 0 Å². The Morgan fingerprint density at radius 2 is 1.94 bits per heavy atom. The first-order chi connectivity index (χ1) is 16.9. The molecule has 182 valence electrons. The lowest BCUT2D eigenvalue weighted by molar-refractivity contribution is 0.102. The van der Waals surface area contributed by atoms with Gasteiger partial charge in [-0.25, -0.2) is 0 Å². The molecule has 1 aromatic heterocycles. The van der Waals surface area contributed by atoms with Crippen LogP contribution in [0.2, 0.25) is 0 Å². The molecule has 1 fully saturated rings. The third-order valence-corrected chi connectivity index (χ3v) is 6.98. The Balaban J connectivity index is 1.46. The quantitative estimate of drug-likeness (QED) is 0.521. The highest BCUT2D eigenvalue weighted by atomic mass is 32.2. The summed E-state index contributed by atoms with van der Waals surface area (Å²) in [7, 11) is -2.04. The number of anilines is 1. The average molecular weight is 493 g/mol. The first kappa shape index (κ1) is 24.4. The molecule has 1 aliphatic rings. The van der Waals surface area contributed by atoms with Crippen LogP contribution in [0.25, 0.3) is 0 Å². The highest BCUT2D eigenvalue weighted by Gasteiger charge is 2.19. The SMILES string of the molecule is CN1CCCCCC1=NS(=O)(=O)c1cccc(NC(=O)c2cccc(OCc3cccnc3)c2)c1. The van der Waals surface area contributed by atoms with Crippen molar-refractivity contribution >= 4 is 27.5 Å². The number of carbonyl (C=O) groups is 1. The van der Waals surface area contributed by atoms with Gasteiger partial charge in [0.05, 0.1) is 4.90 Å². The Morgan fingerprint density at radius 3 is 2.77 bits per heavy atom. The van der Waals surface area contributed by atoms with Gasteiger partial charge in [0.1, 0.15) is 18.2 Å². The number of amidine groups is 1. The summed E-state index contributed by atoms with van der Waals surface area (Å²) in [4.78, 5) is 18.8. The van der Waals surface area contributed by atoms with E-state index in [4.69, 9.17) is 4.74 Å². The number of rotatable bonds is 7. The molecule has 0 bridgehead atoms. The third-order valence-electron chi connectivity index (χ3n) is 5.67. The normalized spacial score (nSPS) is 15.5. The van der Waals surface area contributed by atoms with Gasteiger partial charge in [-0.1, -0.05) is 24.6 Å². The molecule has 4 rings (SSSR count). The summed E-state index contributed by atoms with van der Waals surface area (Å²) in [6, 6.07) is 16.7. The van der Waals surface area contributed by atoms with Crippen molar-refractivity contribution in [2.75, 3.05) is 18.9 Å². The van der Waals surface area contributed by atoms with Gasteiger partial charge in [-0.05, 0) is 55.3 Å². The van der Waals surface area contributed by atoms with Crippen LogP contribution in [0.3, 0.4) is 0 Å². The minimum atomic E-state index is -3.90. The van der Waals surface area contributed by atoms with Crippen LogP contribution >= 0.6 is 0 Å². The van der Waals surface area contributed by atoms with Crippen LogP contribution < -0.4 is 10.1 Å². The zero-order chi connectivity index (χ0) is 24.7. The van der Waals surface area contributed by atoms with E-state index in [1.165, 1.54) is 12.1 Å². The number of ether oxygens (including phenoxy) is 1. The maximum Gasteiger partial charge on any atom is 0.284 e. The zero-order valence-corrected chi connectivity index (χ0v) is 20.4. The summed E-state index contributed by atoms with van der Waals surface area (Å²) in [6.07, 6.45) is 7.03. The number of aromatic nitrogens is 1. The molecule has 1 saturated heterocycles. The summed E-state index contributed by atoms with van der Waals surface area (Å²) in [5, 5.41) is 2.77. The van der Waals surface area contributed by atoms with Gasteiger partial charge in [-0.3, -0.25) is 9.78 Å². The van der Waals surface area contributed by atoms with E-state index in [2.05, 4.69) is 14.7 Å². The molecule has 1 N–H and O–H groups in total. The number of carbonyl (C=O) groups excluding carboxylic acids is 1. The van der Waals surface area contributed by atoms with Crippen molar-refractivity contribution in [3.8, 4) is 5.75 Å². The molecule has 0 aliphatic carbocycles. The van der Waals surface area contributed by atoms with Crippen LogP contribution in [0.5, 0.6) is 5.75 Å². The maximum absolute atomic E-state index is 13.0. The number of nitrogens with zero attached hydrogens (tertiary/aromatic N) is 3. The molecule has 2 aromatic carbocycles. The topological polar surface area (TPSA) is 101 Å². The van der Waals surface area contributed by atoms with Crippen molar-refractivity contribution in [2.24, 2.45) is 4.40 Å². The second-order valence-electron chi connectivity index (χ2n) is 8.37. The van der Waals surface area contributed by atoms with E-state index < -0.39 is 10.0 Å². The molecular weight excluding hydrogens is 464 g/mol. The maximum atomic E-state index is 13.0. The fourth-order valence-corrected chi connectivity index (χ4v) is 4.89. The number of benzene rings is 2. The van der Waals surface area contributed by atoms with E-state index in [1.54, 1.807) is 48.8 Å². The second-order valence-corrected chi connectivity index (χ2v) is 9.98. The predicted octanol–water partition coefficient (Wildman–Crippen LogP) is 4.51. The van der Waals surface area contributed by atoms with E-state index in [-0.39, 0.29) is 10.8 Å². The van der Waals surface area contributed by atoms with Gasteiger partial charge in [0, 0.05) is 49.2 Å². The van der Waals surface area contributed by atoms with E-state index in [1.807, 2.05) is 24.1 Å². The minimum absolute atomic E-state index is 0.0361. The van der Waals surface area contributed by atoms with Crippen molar-refractivity contribution in [3.05, 3.63) is 84.2 Å². The number of nitrogens with one attached hydrogen (secondary N) is 1. The predicted molar refractivity (Wildman–Crippen MR) is 135 cm³/mol. The number of hydrogen-bond donors (Lipinski definition) is 1. The lowest BCUT2D eigenvalue weighted by Crippen LogP contribution is -2.26. The minimum Gasteiger partial charge on any atom is -0.489 e. The highest BCUT2D eigenvalue weighted by molar-refractivity contribution is 7.90. The molecule has 0 saturated carbocycles. The summed E-state index contributed by atoms with van der Waals surface area (Å²) >= 11 is 0. The van der Waals surface area contributed by atoms with Gasteiger partial charge < -0.3 is 15.0 Å². The van der Waals surface area contributed by atoms with Crippen LogP contribution in [0.1, 0.15) is 41.6 Å². The van der Waals surface area contributed by atoms with Crippen LogP contribution in [-0.2, 0) is 16.6 Å². The van der Waals surface area contributed by atoms with Crippen LogP contribution in [0.15, 0.2) is 82.4 Å². The van der Waals surface area contributed by atoms with Crippen molar-refractivity contribution < 1.29 is 17.9 Å². The molecular formula is C26H28N4O4S. The van der Waals surface area contributed by atoms with E-state index in [9.17, 15) is 13.2 Å². The molecule has 35 heavy (non-hydrogen) atoms. The number of pyridine rings is 1. The molecule has 1 amide bonds. The van der Waals surface area contributed by atoms with Crippen LogP contribution in [0.4, 0.5) is 5.69 Å². The first-order valence-corrected chi connectivity index (χ1v) is 12.9.